The van der Waals surface area contributed by atoms with Gasteiger partial charge < -0.3 is 14.6 Å². The van der Waals surface area contributed by atoms with Crippen LogP contribution in [0.5, 0.6) is 0 Å². The van der Waals surface area contributed by atoms with Crippen molar-refractivity contribution in [3.05, 3.63) is 54.0 Å². The van der Waals surface area contributed by atoms with E-state index in [0.29, 0.717) is 37.6 Å². The quantitative estimate of drug-likeness (QED) is 0.871. The number of nitrogens with one attached hydrogen (secondary N) is 1. The normalized spacial score (nSPS) is 16.3. The first-order valence-corrected chi connectivity index (χ1v) is 9.32. The van der Waals surface area contributed by atoms with Crippen LogP contribution >= 0.6 is 0 Å². The second kappa shape index (κ2) is 8.21. The Hall–Kier alpha value is -2.56. The first-order chi connectivity index (χ1) is 12.6. The Bertz CT molecular complexity index is 729. The van der Waals surface area contributed by atoms with Gasteiger partial charge in [0, 0.05) is 24.7 Å². The summed E-state index contributed by atoms with van der Waals surface area (Å²) in [7, 11) is 0. The number of carbonyl (C=O) groups is 2. The molecule has 2 amide bonds. The number of anilines is 1. The fourth-order valence-corrected chi connectivity index (χ4v) is 3.28. The van der Waals surface area contributed by atoms with Crippen molar-refractivity contribution in [1.29, 1.82) is 0 Å². The van der Waals surface area contributed by atoms with E-state index in [1.165, 1.54) is 11.8 Å². The van der Waals surface area contributed by atoms with Gasteiger partial charge in [0.1, 0.15) is 0 Å². The molecule has 0 spiro atoms. The van der Waals surface area contributed by atoms with Gasteiger partial charge in [-0.25, -0.2) is 0 Å². The fourth-order valence-electron chi connectivity index (χ4n) is 3.28. The third-order valence-electron chi connectivity index (χ3n) is 5.24. The van der Waals surface area contributed by atoms with Gasteiger partial charge in [-0.2, -0.15) is 0 Å². The van der Waals surface area contributed by atoms with Gasteiger partial charge in [0.05, 0.1) is 6.26 Å². The largest absolute Gasteiger partial charge is 0.459 e. The molecule has 1 aromatic heterocycles. The van der Waals surface area contributed by atoms with Gasteiger partial charge in [0.2, 0.25) is 5.91 Å². The van der Waals surface area contributed by atoms with E-state index in [4.69, 9.17) is 4.42 Å². The molecule has 1 atom stereocenters. The highest BCUT2D eigenvalue weighted by Gasteiger charge is 2.28. The Morgan fingerprint density at radius 1 is 1.19 bits per heavy atom. The van der Waals surface area contributed by atoms with E-state index in [-0.39, 0.29) is 17.7 Å². The highest BCUT2D eigenvalue weighted by molar-refractivity contribution is 5.94. The van der Waals surface area contributed by atoms with Crippen molar-refractivity contribution in [3.8, 4) is 0 Å². The summed E-state index contributed by atoms with van der Waals surface area (Å²) in [5, 5.41) is 3.01. The van der Waals surface area contributed by atoms with Gasteiger partial charge in [-0.3, -0.25) is 9.59 Å². The average Bonchev–Trinajstić information content (AvgIpc) is 3.22. The van der Waals surface area contributed by atoms with Crippen LogP contribution in [-0.4, -0.2) is 29.8 Å². The van der Waals surface area contributed by atoms with Crippen molar-refractivity contribution in [2.45, 2.75) is 39.0 Å². The molecule has 1 aliphatic heterocycles. The number of likely N-dealkylation sites (tertiary alicyclic amines) is 1. The number of hydrogen-bond donors (Lipinski definition) is 1. The van der Waals surface area contributed by atoms with E-state index in [9.17, 15) is 9.59 Å². The molecule has 2 aromatic rings. The molecule has 1 fully saturated rings. The molecule has 1 aliphatic rings. The number of hydrogen-bond acceptors (Lipinski definition) is 3. The second-order valence-corrected chi connectivity index (χ2v) is 6.96. The molecule has 26 heavy (non-hydrogen) atoms. The van der Waals surface area contributed by atoms with Crippen molar-refractivity contribution in [2.24, 2.45) is 5.92 Å². The lowest BCUT2D eigenvalue weighted by Gasteiger charge is -2.30. The molecule has 2 heterocycles. The number of rotatable bonds is 5. The summed E-state index contributed by atoms with van der Waals surface area (Å²) >= 11 is 0. The Balaban J connectivity index is 1.51. The summed E-state index contributed by atoms with van der Waals surface area (Å²) in [6.45, 7) is 5.52. The molecule has 5 nitrogen and oxygen atoms in total. The van der Waals surface area contributed by atoms with Crippen molar-refractivity contribution >= 4 is 17.5 Å². The van der Waals surface area contributed by atoms with E-state index >= 15 is 0 Å². The first kappa shape index (κ1) is 18.2. The van der Waals surface area contributed by atoms with Crippen LogP contribution in [0.2, 0.25) is 0 Å². The number of carbonyl (C=O) groups excluding carboxylic acids is 2. The Kier molecular flexibility index (Phi) is 5.76. The van der Waals surface area contributed by atoms with Crippen molar-refractivity contribution in [2.75, 3.05) is 18.4 Å². The van der Waals surface area contributed by atoms with Gasteiger partial charge in [-0.15, -0.1) is 0 Å². The zero-order chi connectivity index (χ0) is 18.5. The Morgan fingerprint density at radius 3 is 2.46 bits per heavy atom. The van der Waals surface area contributed by atoms with E-state index in [1.54, 1.807) is 17.0 Å². The van der Waals surface area contributed by atoms with Gasteiger partial charge in [-0.1, -0.05) is 26.0 Å². The number of furan rings is 1. The molecule has 1 saturated heterocycles. The summed E-state index contributed by atoms with van der Waals surface area (Å²) in [4.78, 5) is 26.5. The zero-order valence-corrected chi connectivity index (χ0v) is 15.4. The third-order valence-corrected chi connectivity index (χ3v) is 5.24. The molecule has 5 heteroatoms. The molecular formula is C21H26N2O3. The van der Waals surface area contributed by atoms with Crippen LogP contribution in [0, 0.1) is 5.92 Å². The van der Waals surface area contributed by atoms with Gasteiger partial charge >= 0.3 is 0 Å². The van der Waals surface area contributed by atoms with Crippen LogP contribution in [0.4, 0.5) is 5.69 Å². The standard InChI is InChI=1S/C21H26N2O3/c1-3-15(2)16-6-8-18(9-7-16)22-20(24)17-10-12-23(13-11-17)21(25)19-5-4-14-26-19/h4-9,14-15,17H,3,10-13H2,1-2H3,(H,22,24)/t15-/m0/s1. The molecule has 1 aromatic carbocycles. The van der Waals surface area contributed by atoms with Gasteiger partial charge in [0.15, 0.2) is 5.76 Å². The van der Waals surface area contributed by atoms with E-state index in [0.717, 1.165) is 12.1 Å². The number of nitrogens with zero attached hydrogens (tertiary/aromatic N) is 1. The molecule has 0 bridgehead atoms. The van der Waals surface area contributed by atoms with Crippen LogP contribution in [0.15, 0.2) is 47.1 Å². The SMILES string of the molecule is CC[C@H](C)c1ccc(NC(=O)C2CCN(C(=O)c3ccco3)CC2)cc1. The molecular weight excluding hydrogens is 328 g/mol. The third kappa shape index (κ3) is 4.15. The maximum atomic E-state index is 12.5. The van der Waals surface area contributed by atoms with Crippen LogP contribution in [0.1, 0.15) is 55.1 Å². The molecule has 1 N–H and O–H groups in total. The van der Waals surface area contributed by atoms with E-state index < -0.39 is 0 Å². The fraction of sp³-hybridized carbons (Fsp3) is 0.429. The maximum Gasteiger partial charge on any atom is 0.289 e. The number of piperidine rings is 1. The van der Waals surface area contributed by atoms with Crippen molar-refractivity contribution in [1.82, 2.24) is 4.90 Å². The molecule has 138 valence electrons. The van der Waals surface area contributed by atoms with Crippen LogP contribution < -0.4 is 5.32 Å². The van der Waals surface area contributed by atoms with Crippen LogP contribution in [0.3, 0.4) is 0 Å². The second-order valence-electron chi connectivity index (χ2n) is 6.96. The summed E-state index contributed by atoms with van der Waals surface area (Å²) < 4.78 is 5.17. The maximum absolute atomic E-state index is 12.5. The molecule has 3 rings (SSSR count). The van der Waals surface area contributed by atoms with Gasteiger partial charge in [0.25, 0.3) is 5.91 Å². The lowest BCUT2D eigenvalue weighted by atomic mass is 9.95. The van der Waals surface area contributed by atoms with Crippen molar-refractivity contribution in [3.63, 3.8) is 0 Å². The highest BCUT2D eigenvalue weighted by atomic mass is 16.3. The van der Waals surface area contributed by atoms with Crippen molar-refractivity contribution < 1.29 is 14.0 Å². The summed E-state index contributed by atoms with van der Waals surface area (Å²) in [6, 6.07) is 11.5. The summed E-state index contributed by atoms with van der Waals surface area (Å²) in [6.07, 6.45) is 3.94. The zero-order valence-electron chi connectivity index (χ0n) is 15.4. The number of benzene rings is 1. The lowest BCUT2D eigenvalue weighted by molar-refractivity contribution is -0.121. The Labute approximate surface area is 154 Å². The molecule has 0 radical (unpaired) electrons. The topological polar surface area (TPSA) is 62.6 Å². The minimum atomic E-state index is -0.102. The first-order valence-electron chi connectivity index (χ1n) is 9.32. The van der Waals surface area contributed by atoms with Crippen LogP contribution in [0.25, 0.3) is 0 Å². The average molecular weight is 354 g/mol. The highest BCUT2D eigenvalue weighted by Crippen LogP contribution is 2.23. The minimum absolute atomic E-state index is 0.0337. The number of amides is 2. The minimum Gasteiger partial charge on any atom is -0.459 e. The lowest BCUT2D eigenvalue weighted by Crippen LogP contribution is -2.41. The Morgan fingerprint density at radius 2 is 1.88 bits per heavy atom. The monoisotopic (exact) mass is 354 g/mol. The van der Waals surface area contributed by atoms with Crippen LogP contribution in [-0.2, 0) is 4.79 Å². The predicted molar refractivity (Wildman–Crippen MR) is 101 cm³/mol. The summed E-state index contributed by atoms with van der Waals surface area (Å²) in [5.41, 5.74) is 2.12. The molecule has 0 unspecified atom stereocenters. The van der Waals surface area contributed by atoms with E-state index in [1.807, 2.05) is 12.1 Å². The van der Waals surface area contributed by atoms with E-state index in [2.05, 4.69) is 31.3 Å². The molecule has 0 saturated carbocycles. The van der Waals surface area contributed by atoms with Gasteiger partial charge in [-0.05, 0) is 55.0 Å². The smallest absolute Gasteiger partial charge is 0.289 e. The molecule has 0 aliphatic carbocycles. The predicted octanol–water partition coefficient (Wildman–Crippen LogP) is 4.28. The summed E-state index contributed by atoms with van der Waals surface area (Å²) in [5.74, 6) is 0.746.